The van der Waals surface area contributed by atoms with Gasteiger partial charge in [0.25, 0.3) is 0 Å². The van der Waals surface area contributed by atoms with Crippen LogP contribution in [0.25, 0.3) is 0 Å². The summed E-state index contributed by atoms with van der Waals surface area (Å²) in [6.07, 6.45) is 0.885. The molecule has 1 atom stereocenters. The number of fused-ring (bicyclic) bond motifs is 1. The van der Waals surface area contributed by atoms with Gasteiger partial charge in [0.2, 0.25) is 15.9 Å². The summed E-state index contributed by atoms with van der Waals surface area (Å²) >= 11 is 0. The van der Waals surface area contributed by atoms with Gasteiger partial charge in [-0.1, -0.05) is 0 Å². The van der Waals surface area contributed by atoms with Crippen molar-refractivity contribution in [2.45, 2.75) is 30.7 Å². The highest BCUT2D eigenvalue weighted by molar-refractivity contribution is 7.89. The molecule has 0 radical (unpaired) electrons. The molecule has 27 heavy (non-hydrogen) atoms. The molecule has 152 valence electrons. The lowest BCUT2D eigenvalue weighted by molar-refractivity contribution is -0.133. The van der Waals surface area contributed by atoms with Gasteiger partial charge in [0, 0.05) is 51.1 Å². The topological polar surface area (TPSA) is 97.0 Å². The van der Waals surface area contributed by atoms with Crippen LogP contribution in [0.1, 0.15) is 19.8 Å². The Balaban J connectivity index is 0.00000261. The lowest BCUT2D eigenvalue weighted by atomic mass is 10.2. The number of hydrogen-bond acceptors (Lipinski definition) is 6. The van der Waals surface area contributed by atoms with Gasteiger partial charge in [-0.25, -0.2) is 13.1 Å². The minimum Gasteiger partial charge on any atom is -0.490 e. The molecule has 0 spiro atoms. The summed E-state index contributed by atoms with van der Waals surface area (Å²) in [6.45, 7) is 5.24. The van der Waals surface area contributed by atoms with E-state index in [0.29, 0.717) is 31.3 Å². The van der Waals surface area contributed by atoms with Crippen molar-refractivity contribution >= 4 is 28.3 Å². The number of halogens is 1. The van der Waals surface area contributed by atoms with E-state index in [1.807, 2.05) is 6.92 Å². The lowest BCUT2D eigenvalue weighted by Gasteiger charge is -2.34. The number of nitrogens with one attached hydrogen (secondary N) is 2. The van der Waals surface area contributed by atoms with Crippen molar-refractivity contribution in [2.24, 2.45) is 0 Å². The Bertz CT molecular complexity index is 759. The molecule has 1 aromatic rings. The van der Waals surface area contributed by atoms with Crippen LogP contribution in [0, 0.1) is 0 Å². The smallest absolute Gasteiger partial charge is 0.240 e. The van der Waals surface area contributed by atoms with Gasteiger partial charge in [-0.3, -0.25) is 4.79 Å². The van der Waals surface area contributed by atoms with Crippen LogP contribution >= 0.6 is 12.4 Å². The van der Waals surface area contributed by atoms with Crippen LogP contribution in [0.5, 0.6) is 11.5 Å². The predicted molar refractivity (Wildman–Crippen MR) is 103 cm³/mol. The third kappa shape index (κ3) is 5.47. The first kappa shape index (κ1) is 21.7. The van der Waals surface area contributed by atoms with Crippen molar-refractivity contribution in [1.29, 1.82) is 0 Å². The molecule has 8 nitrogen and oxygen atoms in total. The standard InChI is InChI=1S/C17H25N3O5S.ClH/c1-13-12-18-7-8-20(13)17(21)5-6-19-26(22,23)14-3-4-15-16(11-14)25-10-2-9-24-15;/h3-4,11,13,18-19H,2,5-10,12H2,1H3;1H. The van der Waals surface area contributed by atoms with Crippen LogP contribution in [0.2, 0.25) is 0 Å². The van der Waals surface area contributed by atoms with E-state index in [0.717, 1.165) is 19.5 Å². The van der Waals surface area contributed by atoms with E-state index in [9.17, 15) is 13.2 Å². The SMILES string of the molecule is CC1CNCCN1C(=O)CCNS(=O)(=O)c1ccc2c(c1)OCCCO2.Cl. The van der Waals surface area contributed by atoms with E-state index in [4.69, 9.17) is 9.47 Å². The number of ether oxygens (including phenoxy) is 2. The number of carbonyl (C=O) groups is 1. The third-order valence-corrected chi connectivity index (χ3v) is 5.94. The first-order chi connectivity index (χ1) is 12.5. The third-order valence-electron chi connectivity index (χ3n) is 4.48. The molecule has 2 N–H and O–H groups in total. The number of carbonyl (C=O) groups excluding carboxylic acids is 1. The van der Waals surface area contributed by atoms with Gasteiger partial charge in [-0.05, 0) is 19.1 Å². The maximum absolute atomic E-state index is 12.5. The zero-order valence-electron chi connectivity index (χ0n) is 15.3. The monoisotopic (exact) mass is 419 g/mol. The summed E-state index contributed by atoms with van der Waals surface area (Å²) in [7, 11) is -3.71. The van der Waals surface area contributed by atoms with E-state index in [1.165, 1.54) is 12.1 Å². The summed E-state index contributed by atoms with van der Waals surface area (Å²) in [5, 5.41) is 3.22. The second kappa shape index (κ2) is 9.59. The van der Waals surface area contributed by atoms with E-state index in [-0.39, 0.29) is 42.2 Å². The lowest BCUT2D eigenvalue weighted by Crippen LogP contribution is -2.52. The first-order valence-corrected chi connectivity index (χ1v) is 10.4. The molecule has 1 aromatic carbocycles. The zero-order valence-corrected chi connectivity index (χ0v) is 16.9. The minimum absolute atomic E-state index is 0. The number of sulfonamides is 1. The van der Waals surface area contributed by atoms with Crippen LogP contribution in [0.15, 0.2) is 23.1 Å². The molecule has 0 bridgehead atoms. The minimum atomic E-state index is -3.71. The fraction of sp³-hybridized carbons (Fsp3) is 0.588. The van der Waals surface area contributed by atoms with Crippen molar-refractivity contribution in [1.82, 2.24) is 14.9 Å². The maximum Gasteiger partial charge on any atom is 0.240 e. The van der Waals surface area contributed by atoms with Gasteiger partial charge in [-0.15, -0.1) is 12.4 Å². The number of hydrogen-bond donors (Lipinski definition) is 2. The van der Waals surface area contributed by atoms with Crippen molar-refractivity contribution < 1.29 is 22.7 Å². The summed E-state index contributed by atoms with van der Waals surface area (Å²) < 4.78 is 38.5. The molecule has 2 aliphatic heterocycles. The zero-order chi connectivity index (χ0) is 18.6. The summed E-state index contributed by atoms with van der Waals surface area (Å²) in [5.74, 6) is 0.931. The predicted octanol–water partition coefficient (Wildman–Crippen LogP) is 0.758. The Morgan fingerprint density at radius 3 is 2.78 bits per heavy atom. The Hall–Kier alpha value is -1.55. The van der Waals surface area contributed by atoms with E-state index in [1.54, 1.807) is 11.0 Å². The average Bonchev–Trinajstić information content (AvgIpc) is 2.86. The number of nitrogens with zero attached hydrogens (tertiary/aromatic N) is 1. The normalized spacial score (nSPS) is 19.7. The molecule has 0 saturated carbocycles. The van der Waals surface area contributed by atoms with Crippen LogP contribution in [-0.4, -0.2) is 64.7 Å². The number of piperazine rings is 1. The highest BCUT2D eigenvalue weighted by Crippen LogP contribution is 2.31. The van der Waals surface area contributed by atoms with Crippen molar-refractivity contribution in [3.05, 3.63) is 18.2 Å². The first-order valence-electron chi connectivity index (χ1n) is 8.87. The average molecular weight is 420 g/mol. The van der Waals surface area contributed by atoms with Crippen LogP contribution in [0.3, 0.4) is 0 Å². The molecule has 1 saturated heterocycles. The molecule has 0 aromatic heterocycles. The van der Waals surface area contributed by atoms with Crippen LogP contribution in [-0.2, 0) is 14.8 Å². The van der Waals surface area contributed by atoms with E-state index in [2.05, 4.69) is 10.0 Å². The second-order valence-electron chi connectivity index (χ2n) is 6.45. The fourth-order valence-corrected chi connectivity index (χ4v) is 4.09. The molecule has 1 unspecified atom stereocenters. The van der Waals surface area contributed by atoms with E-state index < -0.39 is 10.0 Å². The van der Waals surface area contributed by atoms with Crippen molar-refractivity contribution in [2.75, 3.05) is 39.4 Å². The second-order valence-corrected chi connectivity index (χ2v) is 8.21. The Morgan fingerprint density at radius 2 is 2.04 bits per heavy atom. The Kier molecular flexibility index (Phi) is 7.72. The van der Waals surface area contributed by atoms with Crippen molar-refractivity contribution in [3.8, 4) is 11.5 Å². The van der Waals surface area contributed by atoms with Gasteiger partial charge >= 0.3 is 0 Å². The molecule has 10 heteroatoms. The van der Waals surface area contributed by atoms with Gasteiger partial charge in [0.1, 0.15) is 0 Å². The molecule has 3 rings (SSSR count). The van der Waals surface area contributed by atoms with Crippen molar-refractivity contribution in [3.63, 3.8) is 0 Å². The highest BCUT2D eigenvalue weighted by atomic mass is 35.5. The van der Waals surface area contributed by atoms with Gasteiger partial charge in [0.05, 0.1) is 18.1 Å². The summed E-state index contributed by atoms with van der Waals surface area (Å²) in [6, 6.07) is 4.66. The Morgan fingerprint density at radius 1 is 1.30 bits per heavy atom. The molecule has 1 fully saturated rings. The highest BCUT2D eigenvalue weighted by Gasteiger charge is 2.23. The van der Waals surface area contributed by atoms with Gasteiger partial charge in [-0.2, -0.15) is 0 Å². The molecule has 2 heterocycles. The van der Waals surface area contributed by atoms with Crippen LogP contribution in [0.4, 0.5) is 0 Å². The number of amides is 1. The molecule has 2 aliphatic rings. The number of rotatable bonds is 5. The largest absolute Gasteiger partial charge is 0.490 e. The maximum atomic E-state index is 12.5. The molecular formula is C17H26ClN3O5S. The molecule has 0 aliphatic carbocycles. The van der Waals surface area contributed by atoms with Crippen LogP contribution < -0.4 is 19.5 Å². The van der Waals surface area contributed by atoms with E-state index >= 15 is 0 Å². The molecule has 1 amide bonds. The number of benzene rings is 1. The fourth-order valence-electron chi connectivity index (χ4n) is 3.04. The Labute approximate surface area is 166 Å². The quantitative estimate of drug-likeness (QED) is 0.731. The van der Waals surface area contributed by atoms with Gasteiger partial charge < -0.3 is 19.7 Å². The molecular weight excluding hydrogens is 394 g/mol. The summed E-state index contributed by atoms with van der Waals surface area (Å²) in [5.41, 5.74) is 0. The van der Waals surface area contributed by atoms with Gasteiger partial charge in [0.15, 0.2) is 11.5 Å². The summed E-state index contributed by atoms with van der Waals surface area (Å²) in [4.78, 5) is 14.2.